The second kappa shape index (κ2) is 8.54. The van der Waals surface area contributed by atoms with Gasteiger partial charge in [0, 0.05) is 30.7 Å². The lowest BCUT2D eigenvalue weighted by molar-refractivity contribution is -0.132. The number of carbonyl (C=O) groups excluding carboxylic acids is 1. The van der Waals surface area contributed by atoms with Gasteiger partial charge in [-0.15, -0.1) is 0 Å². The first kappa shape index (κ1) is 16.5. The minimum absolute atomic E-state index is 0.255. The molecule has 1 aliphatic heterocycles. The first-order valence-corrected chi connectivity index (χ1v) is 8.73. The third kappa shape index (κ3) is 5.44. The van der Waals surface area contributed by atoms with Crippen LogP contribution in [0.1, 0.15) is 31.7 Å². The fourth-order valence-corrected chi connectivity index (χ4v) is 2.96. The van der Waals surface area contributed by atoms with Gasteiger partial charge in [-0.05, 0) is 30.7 Å². The van der Waals surface area contributed by atoms with Crippen LogP contribution in [0.3, 0.4) is 0 Å². The zero-order valence-corrected chi connectivity index (χ0v) is 14.4. The van der Waals surface area contributed by atoms with Crippen molar-refractivity contribution in [1.82, 2.24) is 9.80 Å². The number of amides is 1. The summed E-state index contributed by atoms with van der Waals surface area (Å²) in [6.45, 7) is 7.22. The van der Waals surface area contributed by atoms with E-state index in [4.69, 9.17) is 0 Å². The van der Waals surface area contributed by atoms with Gasteiger partial charge < -0.3 is 4.90 Å². The molecule has 0 atom stereocenters. The molecule has 4 heteroatoms. The maximum atomic E-state index is 12.3. The number of hydrogen-bond acceptors (Lipinski definition) is 2. The number of piperazine rings is 1. The zero-order chi connectivity index (χ0) is 15.1. The number of rotatable bonds is 6. The summed E-state index contributed by atoms with van der Waals surface area (Å²) in [6, 6.07) is 8.02. The van der Waals surface area contributed by atoms with Crippen molar-refractivity contribution in [3.63, 3.8) is 0 Å². The largest absolute Gasteiger partial charge is 0.340 e. The van der Waals surface area contributed by atoms with E-state index in [0.717, 1.165) is 36.2 Å². The molecular weight excluding hydrogens is 328 g/mol. The number of benzene rings is 1. The molecule has 1 aromatic carbocycles. The average molecular weight is 353 g/mol. The van der Waals surface area contributed by atoms with Crippen molar-refractivity contribution in [2.24, 2.45) is 0 Å². The van der Waals surface area contributed by atoms with E-state index in [2.05, 4.69) is 27.8 Å². The normalized spacial score (nSPS) is 16.2. The number of hydrogen-bond donors (Lipinski definition) is 0. The van der Waals surface area contributed by atoms with Crippen molar-refractivity contribution in [2.75, 3.05) is 32.7 Å². The van der Waals surface area contributed by atoms with Crippen molar-refractivity contribution >= 4 is 21.8 Å². The summed E-state index contributed by atoms with van der Waals surface area (Å²) in [5, 5.41) is 0. The molecule has 0 unspecified atom stereocenters. The van der Waals surface area contributed by atoms with Crippen LogP contribution in [-0.4, -0.2) is 48.4 Å². The standard InChI is InChI=1S/C17H25BrN2O/c1-2-3-4-9-19-10-12-20(13-11-19)17(21)14-15-5-7-16(18)8-6-15/h5-8H,2-4,9-14H2,1H3. The molecule has 0 spiro atoms. The summed E-state index contributed by atoms with van der Waals surface area (Å²) < 4.78 is 1.05. The lowest BCUT2D eigenvalue weighted by Crippen LogP contribution is -2.49. The fraction of sp³-hybridized carbons (Fsp3) is 0.588. The van der Waals surface area contributed by atoms with Crippen LogP contribution in [0.2, 0.25) is 0 Å². The number of unbranched alkanes of at least 4 members (excludes halogenated alkanes) is 2. The van der Waals surface area contributed by atoms with E-state index in [0.29, 0.717) is 6.42 Å². The first-order valence-electron chi connectivity index (χ1n) is 7.93. The molecule has 1 aliphatic rings. The Kier molecular flexibility index (Phi) is 6.71. The molecule has 0 bridgehead atoms. The molecule has 0 aliphatic carbocycles. The highest BCUT2D eigenvalue weighted by atomic mass is 79.9. The Labute approximate surface area is 136 Å². The zero-order valence-electron chi connectivity index (χ0n) is 12.9. The van der Waals surface area contributed by atoms with Crippen molar-refractivity contribution in [2.45, 2.75) is 32.6 Å². The van der Waals surface area contributed by atoms with Crippen LogP contribution in [0.15, 0.2) is 28.7 Å². The Balaban J connectivity index is 1.74. The fourth-order valence-electron chi connectivity index (χ4n) is 2.69. The van der Waals surface area contributed by atoms with E-state index in [1.165, 1.54) is 25.8 Å². The molecule has 0 N–H and O–H groups in total. The minimum atomic E-state index is 0.255. The second-order valence-corrected chi connectivity index (χ2v) is 6.65. The molecular formula is C17H25BrN2O. The van der Waals surface area contributed by atoms with Gasteiger partial charge in [0.1, 0.15) is 0 Å². The Morgan fingerprint density at radius 3 is 2.38 bits per heavy atom. The highest BCUT2D eigenvalue weighted by Crippen LogP contribution is 2.12. The molecule has 1 fully saturated rings. The third-order valence-electron chi connectivity index (χ3n) is 4.07. The van der Waals surface area contributed by atoms with Crippen molar-refractivity contribution in [3.8, 4) is 0 Å². The lowest BCUT2D eigenvalue weighted by atomic mass is 10.1. The summed E-state index contributed by atoms with van der Waals surface area (Å²) in [5.74, 6) is 0.255. The molecule has 1 saturated heterocycles. The molecule has 2 rings (SSSR count). The summed E-state index contributed by atoms with van der Waals surface area (Å²) in [7, 11) is 0. The average Bonchev–Trinajstić information content (AvgIpc) is 2.50. The van der Waals surface area contributed by atoms with Crippen molar-refractivity contribution < 1.29 is 4.79 Å². The highest BCUT2D eigenvalue weighted by Gasteiger charge is 2.20. The van der Waals surface area contributed by atoms with Crippen LogP contribution in [0.25, 0.3) is 0 Å². The molecule has 1 heterocycles. The predicted octanol–water partition coefficient (Wildman–Crippen LogP) is 3.33. The van der Waals surface area contributed by atoms with Crippen LogP contribution < -0.4 is 0 Å². The van der Waals surface area contributed by atoms with Crippen LogP contribution in [0.5, 0.6) is 0 Å². The number of carbonyl (C=O) groups is 1. The van der Waals surface area contributed by atoms with Crippen LogP contribution in [0.4, 0.5) is 0 Å². The van der Waals surface area contributed by atoms with Gasteiger partial charge in [-0.3, -0.25) is 9.69 Å². The molecule has 0 aromatic heterocycles. The molecule has 1 amide bonds. The van der Waals surface area contributed by atoms with E-state index in [1.54, 1.807) is 0 Å². The maximum absolute atomic E-state index is 12.3. The smallest absolute Gasteiger partial charge is 0.227 e. The maximum Gasteiger partial charge on any atom is 0.227 e. The summed E-state index contributed by atoms with van der Waals surface area (Å²) in [6.07, 6.45) is 4.38. The Morgan fingerprint density at radius 1 is 1.10 bits per heavy atom. The lowest BCUT2D eigenvalue weighted by Gasteiger charge is -2.34. The second-order valence-electron chi connectivity index (χ2n) is 5.73. The topological polar surface area (TPSA) is 23.6 Å². The Hall–Kier alpha value is -0.870. The van der Waals surface area contributed by atoms with Gasteiger partial charge in [-0.2, -0.15) is 0 Å². The summed E-state index contributed by atoms with van der Waals surface area (Å²) in [4.78, 5) is 16.8. The molecule has 0 radical (unpaired) electrons. The first-order chi connectivity index (χ1) is 10.2. The van der Waals surface area contributed by atoms with Gasteiger partial charge in [-0.1, -0.05) is 47.8 Å². The van der Waals surface area contributed by atoms with E-state index in [9.17, 15) is 4.79 Å². The van der Waals surface area contributed by atoms with E-state index < -0.39 is 0 Å². The van der Waals surface area contributed by atoms with E-state index in [1.807, 2.05) is 29.2 Å². The van der Waals surface area contributed by atoms with E-state index >= 15 is 0 Å². The quantitative estimate of drug-likeness (QED) is 0.733. The van der Waals surface area contributed by atoms with Crippen LogP contribution in [-0.2, 0) is 11.2 Å². The molecule has 3 nitrogen and oxygen atoms in total. The Morgan fingerprint density at radius 2 is 1.76 bits per heavy atom. The molecule has 21 heavy (non-hydrogen) atoms. The Bertz CT molecular complexity index is 439. The van der Waals surface area contributed by atoms with Crippen LogP contribution in [0, 0.1) is 0 Å². The monoisotopic (exact) mass is 352 g/mol. The van der Waals surface area contributed by atoms with Crippen molar-refractivity contribution in [1.29, 1.82) is 0 Å². The van der Waals surface area contributed by atoms with Gasteiger partial charge in [-0.25, -0.2) is 0 Å². The van der Waals surface area contributed by atoms with Gasteiger partial charge in [0.15, 0.2) is 0 Å². The van der Waals surface area contributed by atoms with Gasteiger partial charge in [0.25, 0.3) is 0 Å². The molecule has 1 aromatic rings. The minimum Gasteiger partial charge on any atom is -0.340 e. The number of nitrogens with zero attached hydrogens (tertiary/aromatic N) is 2. The molecule has 0 saturated carbocycles. The summed E-state index contributed by atoms with van der Waals surface area (Å²) in [5.41, 5.74) is 1.09. The third-order valence-corrected chi connectivity index (χ3v) is 4.60. The van der Waals surface area contributed by atoms with Crippen LogP contribution >= 0.6 is 15.9 Å². The predicted molar refractivity (Wildman–Crippen MR) is 90.4 cm³/mol. The van der Waals surface area contributed by atoms with E-state index in [-0.39, 0.29) is 5.91 Å². The summed E-state index contributed by atoms with van der Waals surface area (Å²) >= 11 is 3.42. The molecule has 116 valence electrons. The van der Waals surface area contributed by atoms with Gasteiger partial charge >= 0.3 is 0 Å². The van der Waals surface area contributed by atoms with Gasteiger partial charge in [0.2, 0.25) is 5.91 Å². The highest BCUT2D eigenvalue weighted by molar-refractivity contribution is 9.10. The van der Waals surface area contributed by atoms with Crippen molar-refractivity contribution in [3.05, 3.63) is 34.3 Å². The number of halogens is 1. The SMILES string of the molecule is CCCCCN1CCN(C(=O)Cc2ccc(Br)cc2)CC1. The van der Waals surface area contributed by atoms with Gasteiger partial charge in [0.05, 0.1) is 6.42 Å².